The van der Waals surface area contributed by atoms with Crippen molar-refractivity contribution in [1.29, 1.82) is 0 Å². The van der Waals surface area contributed by atoms with E-state index >= 15 is 0 Å². The molecule has 2 aromatic rings. The van der Waals surface area contributed by atoms with E-state index in [9.17, 15) is 13.2 Å². The van der Waals surface area contributed by atoms with Gasteiger partial charge < -0.3 is 4.74 Å². The van der Waals surface area contributed by atoms with E-state index in [2.05, 4.69) is 10.3 Å². The minimum absolute atomic E-state index is 0.0285. The van der Waals surface area contributed by atoms with Crippen molar-refractivity contribution in [3.8, 4) is 5.75 Å². The van der Waals surface area contributed by atoms with Gasteiger partial charge in [0.1, 0.15) is 5.75 Å². The van der Waals surface area contributed by atoms with Gasteiger partial charge in [-0.05, 0) is 37.0 Å². The molecule has 1 atom stereocenters. The first kappa shape index (κ1) is 16.3. The van der Waals surface area contributed by atoms with Gasteiger partial charge in [0, 0.05) is 12.7 Å². The predicted octanol–water partition coefficient (Wildman–Crippen LogP) is 3.67. The quantitative estimate of drug-likeness (QED) is 0.845. The van der Waals surface area contributed by atoms with E-state index in [1.54, 1.807) is 4.68 Å². The lowest BCUT2D eigenvalue weighted by Crippen LogP contribution is -2.08. The van der Waals surface area contributed by atoms with Crippen LogP contribution in [0, 0.1) is 0 Å². The molecule has 0 saturated heterocycles. The Balaban J connectivity index is 2.23. The number of aryl methyl sites for hydroxylation is 1. The zero-order valence-corrected chi connectivity index (χ0v) is 12.7. The summed E-state index contributed by atoms with van der Waals surface area (Å²) in [6, 6.07) is 3.59. The Morgan fingerprint density at radius 1 is 1.32 bits per heavy atom. The van der Waals surface area contributed by atoms with Crippen molar-refractivity contribution in [2.45, 2.75) is 38.9 Å². The van der Waals surface area contributed by atoms with E-state index in [0.717, 1.165) is 29.9 Å². The fourth-order valence-electron chi connectivity index (χ4n) is 2.30. The summed E-state index contributed by atoms with van der Waals surface area (Å²) in [4.78, 5) is 0. The molecule has 2 rings (SSSR count). The molecular formula is C15H18F3N3O. The molecule has 1 unspecified atom stereocenters. The van der Waals surface area contributed by atoms with E-state index in [1.165, 1.54) is 13.2 Å². The minimum Gasteiger partial charge on any atom is -0.496 e. The third-order valence-electron chi connectivity index (χ3n) is 3.52. The molecule has 0 saturated carbocycles. The lowest BCUT2D eigenvalue weighted by atomic mass is 9.94. The largest absolute Gasteiger partial charge is 0.496 e. The predicted molar refractivity (Wildman–Crippen MR) is 75.8 cm³/mol. The highest BCUT2D eigenvalue weighted by atomic mass is 19.4. The molecule has 0 amide bonds. The number of alkyl halides is 3. The molecule has 0 bridgehead atoms. The monoisotopic (exact) mass is 313 g/mol. The highest BCUT2D eigenvalue weighted by molar-refractivity contribution is 5.41. The molecule has 0 N–H and O–H groups in total. The van der Waals surface area contributed by atoms with Gasteiger partial charge in [0.25, 0.3) is 0 Å². The summed E-state index contributed by atoms with van der Waals surface area (Å²) in [6.07, 6.45) is -1.95. The second-order valence-corrected chi connectivity index (χ2v) is 5.13. The van der Waals surface area contributed by atoms with Crippen LogP contribution in [0.4, 0.5) is 13.2 Å². The van der Waals surface area contributed by atoms with Gasteiger partial charge >= 0.3 is 6.18 Å². The molecule has 1 aromatic heterocycles. The van der Waals surface area contributed by atoms with Crippen molar-refractivity contribution in [3.05, 3.63) is 41.2 Å². The summed E-state index contributed by atoms with van der Waals surface area (Å²) in [5.74, 6) is 0.212. The van der Waals surface area contributed by atoms with Gasteiger partial charge in [-0.2, -0.15) is 13.2 Å². The molecule has 0 radical (unpaired) electrons. The number of rotatable bonds is 5. The maximum absolute atomic E-state index is 12.7. The third-order valence-corrected chi connectivity index (χ3v) is 3.52. The summed E-state index contributed by atoms with van der Waals surface area (Å²) in [7, 11) is 1.37. The van der Waals surface area contributed by atoms with Crippen molar-refractivity contribution >= 4 is 0 Å². The number of ether oxygens (including phenoxy) is 1. The zero-order chi connectivity index (χ0) is 16.3. The average molecular weight is 313 g/mol. The van der Waals surface area contributed by atoms with Gasteiger partial charge in [-0.25, -0.2) is 0 Å². The van der Waals surface area contributed by atoms with Crippen LogP contribution in [-0.4, -0.2) is 22.1 Å². The molecule has 0 fully saturated rings. The van der Waals surface area contributed by atoms with Gasteiger partial charge in [-0.3, -0.25) is 4.68 Å². The fourth-order valence-corrected chi connectivity index (χ4v) is 2.30. The highest BCUT2D eigenvalue weighted by Gasteiger charge is 2.31. The van der Waals surface area contributed by atoms with Crippen LogP contribution < -0.4 is 4.74 Å². The van der Waals surface area contributed by atoms with Crippen LogP contribution in [0.15, 0.2) is 24.4 Å². The van der Waals surface area contributed by atoms with Crippen LogP contribution in [0.5, 0.6) is 5.75 Å². The number of hydrogen-bond donors (Lipinski definition) is 0. The van der Waals surface area contributed by atoms with Gasteiger partial charge in [-0.1, -0.05) is 18.2 Å². The van der Waals surface area contributed by atoms with Crippen LogP contribution in [0.2, 0.25) is 0 Å². The van der Waals surface area contributed by atoms with Gasteiger partial charge in [0.05, 0.1) is 18.4 Å². The SMILES string of the molecule is CCn1cc(CC(C)c2ccc(C(F)(F)F)cc2OC)nn1. The van der Waals surface area contributed by atoms with Crippen molar-refractivity contribution in [2.24, 2.45) is 0 Å². The number of benzene rings is 1. The van der Waals surface area contributed by atoms with Gasteiger partial charge in [0.15, 0.2) is 0 Å². The number of halogens is 3. The van der Waals surface area contributed by atoms with Gasteiger partial charge in [-0.15, -0.1) is 5.10 Å². The summed E-state index contributed by atoms with van der Waals surface area (Å²) >= 11 is 0. The van der Waals surface area contributed by atoms with E-state index in [0.29, 0.717) is 6.42 Å². The normalized spacial score (nSPS) is 13.2. The lowest BCUT2D eigenvalue weighted by molar-refractivity contribution is -0.137. The summed E-state index contributed by atoms with van der Waals surface area (Å²) in [5, 5.41) is 8.01. The molecular weight excluding hydrogens is 295 g/mol. The van der Waals surface area contributed by atoms with Crippen molar-refractivity contribution in [3.63, 3.8) is 0 Å². The summed E-state index contributed by atoms with van der Waals surface area (Å²) in [5.41, 5.74) is 0.815. The number of hydrogen-bond acceptors (Lipinski definition) is 3. The summed E-state index contributed by atoms with van der Waals surface area (Å²) in [6.45, 7) is 4.61. The van der Waals surface area contributed by atoms with Crippen LogP contribution in [-0.2, 0) is 19.1 Å². The maximum atomic E-state index is 12.7. The van der Waals surface area contributed by atoms with Crippen molar-refractivity contribution in [2.75, 3.05) is 7.11 Å². The van der Waals surface area contributed by atoms with Crippen LogP contribution in [0.1, 0.15) is 36.6 Å². The topological polar surface area (TPSA) is 39.9 Å². The van der Waals surface area contributed by atoms with Crippen molar-refractivity contribution in [1.82, 2.24) is 15.0 Å². The number of nitrogens with zero attached hydrogens (tertiary/aromatic N) is 3. The summed E-state index contributed by atoms with van der Waals surface area (Å²) < 4.78 is 45.1. The second-order valence-electron chi connectivity index (χ2n) is 5.13. The van der Waals surface area contributed by atoms with Crippen molar-refractivity contribution < 1.29 is 17.9 Å². The van der Waals surface area contributed by atoms with E-state index in [-0.39, 0.29) is 11.7 Å². The molecule has 0 aliphatic rings. The standard InChI is InChI=1S/C15H18F3N3O/c1-4-21-9-12(19-20-21)7-10(2)13-6-5-11(15(16,17)18)8-14(13)22-3/h5-6,8-10H,4,7H2,1-3H3. The Labute approximate surface area is 126 Å². The molecule has 1 aromatic carbocycles. The van der Waals surface area contributed by atoms with E-state index < -0.39 is 11.7 Å². The van der Waals surface area contributed by atoms with E-state index in [1.807, 2.05) is 20.0 Å². The molecule has 4 nitrogen and oxygen atoms in total. The first-order valence-corrected chi connectivity index (χ1v) is 6.99. The zero-order valence-electron chi connectivity index (χ0n) is 12.7. The van der Waals surface area contributed by atoms with E-state index in [4.69, 9.17) is 4.74 Å². The Bertz CT molecular complexity index is 637. The molecule has 0 aliphatic carbocycles. The Hall–Kier alpha value is -2.05. The Kier molecular flexibility index (Phi) is 4.73. The lowest BCUT2D eigenvalue weighted by Gasteiger charge is -2.16. The van der Waals surface area contributed by atoms with Crippen LogP contribution in [0.3, 0.4) is 0 Å². The first-order valence-electron chi connectivity index (χ1n) is 6.99. The first-order chi connectivity index (χ1) is 10.3. The van der Waals surface area contributed by atoms with Crippen LogP contribution in [0.25, 0.3) is 0 Å². The Morgan fingerprint density at radius 3 is 2.59 bits per heavy atom. The molecule has 0 aliphatic heterocycles. The molecule has 0 spiro atoms. The number of aromatic nitrogens is 3. The smallest absolute Gasteiger partial charge is 0.416 e. The van der Waals surface area contributed by atoms with Crippen LogP contribution >= 0.6 is 0 Å². The maximum Gasteiger partial charge on any atom is 0.416 e. The van der Waals surface area contributed by atoms with Gasteiger partial charge in [0.2, 0.25) is 0 Å². The Morgan fingerprint density at radius 2 is 2.05 bits per heavy atom. The molecule has 7 heteroatoms. The molecule has 120 valence electrons. The molecule has 1 heterocycles. The minimum atomic E-state index is -4.38. The highest BCUT2D eigenvalue weighted by Crippen LogP contribution is 2.36. The number of methoxy groups -OCH3 is 1. The average Bonchev–Trinajstić information content (AvgIpc) is 2.93. The molecule has 22 heavy (non-hydrogen) atoms. The third kappa shape index (κ3) is 3.58. The second kappa shape index (κ2) is 6.37. The fraction of sp³-hybridized carbons (Fsp3) is 0.467.